The second-order valence-corrected chi connectivity index (χ2v) is 4.77. The quantitative estimate of drug-likeness (QED) is 0.531. The van der Waals surface area contributed by atoms with Crippen molar-refractivity contribution in [3.63, 3.8) is 0 Å². The molecule has 6 nitrogen and oxygen atoms in total. The number of carboxylic acid groups (broad SMARTS) is 1. The van der Waals surface area contributed by atoms with Gasteiger partial charge in [0.05, 0.1) is 15.8 Å². The van der Waals surface area contributed by atoms with Crippen LogP contribution in [0.15, 0.2) is 12.1 Å². The van der Waals surface area contributed by atoms with E-state index >= 15 is 0 Å². The van der Waals surface area contributed by atoms with Crippen LogP contribution in [-0.4, -0.2) is 20.6 Å². The lowest BCUT2D eigenvalue weighted by atomic mass is 10.0. The molecule has 1 N–H and O–H groups in total. The van der Waals surface area contributed by atoms with Crippen molar-refractivity contribution in [2.45, 2.75) is 19.8 Å². The predicted molar refractivity (Wildman–Crippen MR) is 78.2 cm³/mol. The molecule has 0 radical (unpaired) electrons. The number of hydrogen-bond donors (Lipinski definition) is 1. The summed E-state index contributed by atoms with van der Waals surface area (Å²) < 4.78 is 1.82. The van der Waals surface area contributed by atoms with E-state index in [-0.39, 0.29) is 24.1 Å². The van der Waals surface area contributed by atoms with Crippen LogP contribution in [0, 0.1) is 29.4 Å². The number of nitro groups is 1. The van der Waals surface area contributed by atoms with E-state index in [9.17, 15) is 14.9 Å². The van der Waals surface area contributed by atoms with Gasteiger partial charge in [-0.25, -0.2) is 0 Å². The fraction of sp³-hybridized carbons (Fsp3) is 0.267. The van der Waals surface area contributed by atoms with E-state index in [1.807, 2.05) is 11.5 Å². The first-order valence-electron chi connectivity index (χ1n) is 6.32. The van der Waals surface area contributed by atoms with Crippen LogP contribution < -0.4 is 0 Å². The Hall–Kier alpha value is -2.81. The van der Waals surface area contributed by atoms with Crippen LogP contribution in [0.5, 0.6) is 0 Å². The van der Waals surface area contributed by atoms with Gasteiger partial charge in [-0.05, 0) is 31.0 Å². The number of aryl methyl sites for hydroxylation is 2. The molecule has 1 heterocycles. The molecule has 1 aromatic heterocycles. The van der Waals surface area contributed by atoms with Gasteiger partial charge in [-0.1, -0.05) is 5.92 Å². The summed E-state index contributed by atoms with van der Waals surface area (Å²) in [5.74, 6) is 1.38. The van der Waals surface area contributed by atoms with Crippen LogP contribution >= 0.6 is 0 Å². The maximum Gasteiger partial charge on any atom is 0.303 e. The fourth-order valence-electron chi connectivity index (χ4n) is 2.57. The van der Waals surface area contributed by atoms with Crippen LogP contribution in [-0.2, 0) is 18.3 Å². The van der Waals surface area contributed by atoms with Crippen molar-refractivity contribution < 1.29 is 14.8 Å². The van der Waals surface area contributed by atoms with Gasteiger partial charge in [0.25, 0.3) is 5.69 Å². The highest BCUT2D eigenvalue weighted by Gasteiger charge is 2.24. The van der Waals surface area contributed by atoms with Gasteiger partial charge in [0.2, 0.25) is 0 Å². The first-order chi connectivity index (χ1) is 9.88. The van der Waals surface area contributed by atoms with Crippen LogP contribution in [0.1, 0.15) is 23.2 Å². The molecule has 0 amide bonds. The van der Waals surface area contributed by atoms with Crippen LogP contribution in [0.3, 0.4) is 0 Å². The van der Waals surface area contributed by atoms with E-state index in [1.54, 1.807) is 19.2 Å². The Balaban J connectivity index is 2.83. The van der Waals surface area contributed by atoms with Gasteiger partial charge in [0.1, 0.15) is 5.56 Å². The molecule has 2 aromatic rings. The number of hydrogen-bond acceptors (Lipinski definition) is 3. The summed E-state index contributed by atoms with van der Waals surface area (Å²) in [6.45, 7) is 1.82. The third kappa shape index (κ3) is 2.34. The van der Waals surface area contributed by atoms with Gasteiger partial charge in [-0.15, -0.1) is 6.42 Å². The van der Waals surface area contributed by atoms with E-state index < -0.39 is 10.9 Å². The molecule has 21 heavy (non-hydrogen) atoms. The van der Waals surface area contributed by atoms with Gasteiger partial charge in [0, 0.05) is 19.2 Å². The van der Waals surface area contributed by atoms with Gasteiger partial charge in [-0.2, -0.15) is 0 Å². The molecule has 0 saturated heterocycles. The van der Waals surface area contributed by atoms with E-state index in [4.69, 9.17) is 11.5 Å². The minimum Gasteiger partial charge on any atom is -0.481 e. The number of aromatic nitrogens is 1. The van der Waals surface area contributed by atoms with Crippen LogP contribution in [0.4, 0.5) is 5.69 Å². The third-order valence-corrected chi connectivity index (χ3v) is 3.69. The maximum atomic E-state index is 11.4. The van der Waals surface area contributed by atoms with E-state index in [0.29, 0.717) is 16.5 Å². The second-order valence-electron chi connectivity index (χ2n) is 4.77. The third-order valence-electron chi connectivity index (χ3n) is 3.69. The number of terminal acetylenes is 1. The van der Waals surface area contributed by atoms with E-state index in [2.05, 4.69) is 5.92 Å². The van der Waals surface area contributed by atoms with Crippen molar-refractivity contribution in [1.29, 1.82) is 0 Å². The molecular formula is C15H14N2O4. The number of carbonyl (C=O) groups is 1. The number of nitro benzene ring substituents is 1. The highest BCUT2D eigenvalue weighted by Crippen LogP contribution is 2.35. The number of nitrogens with zero attached hydrogens (tertiary/aromatic N) is 2. The molecule has 1 aromatic carbocycles. The largest absolute Gasteiger partial charge is 0.481 e. The predicted octanol–water partition coefficient (Wildman–Crippen LogP) is 2.39. The monoisotopic (exact) mass is 286 g/mol. The molecule has 0 aliphatic heterocycles. The molecule has 0 atom stereocenters. The van der Waals surface area contributed by atoms with Crippen molar-refractivity contribution in [3.8, 4) is 12.3 Å². The molecule has 108 valence electrons. The topological polar surface area (TPSA) is 85.4 Å². The lowest BCUT2D eigenvalue weighted by molar-refractivity contribution is -0.383. The molecule has 0 saturated carbocycles. The Morgan fingerprint density at radius 2 is 2.19 bits per heavy atom. The molecule has 6 heteroatoms. The lowest BCUT2D eigenvalue weighted by Gasteiger charge is -2.02. The molecule has 0 spiro atoms. The van der Waals surface area contributed by atoms with Gasteiger partial charge in [0.15, 0.2) is 0 Å². The molecule has 0 aliphatic carbocycles. The fourth-order valence-corrected chi connectivity index (χ4v) is 2.57. The molecular weight excluding hydrogens is 272 g/mol. The number of aliphatic carboxylic acids is 1. The van der Waals surface area contributed by atoms with Crippen molar-refractivity contribution >= 4 is 22.6 Å². The number of benzene rings is 1. The highest BCUT2D eigenvalue weighted by molar-refractivity contribution is 5.96. The number of carboxylic acids is 1. The van der Waals surface area contributed by atoms with Gasteiger partial charge in [-0.3, -0.25) is 14.9 Å². The Kier molecular flexibility index (Phi) is 3.68. The van der Waals surface area contributed by atoms with Crippen LogP contribution in [0.25, 0.3) is 10.9 Å². The summed E-state index contributed by atoms with van der Waals surface area (Å²) in [5.41, 5.74) is 2.23. The normalized spacial score (nSPS) is 10.5. The molecule has 0 unspecified atom stereocenters. The second kappa shape index (κ2) is 5.29. The van der Waals surface area contributed by atoms with Gasteiger partial charge >= 0.3 is 5.97 Å². The summed E-state index contributed by atoms with van der Waals surface area (Å²) in [6, 6.07) is 3.27. The molecule has 0 fully saturated rings. The Morgan fingerprint density at radius 1 is 1.52 bits per heavy atom. The molecule has 2 rings (SSSR count). The molecule has 0 aliphatic rings. The van der Waals surface area contributed by atoms with Crippen molar-refractivity contribution in [2.24, 2.45) is 7.05 Å². The zero-order valence-electron chi connectivity index (χ0n) is 11.7. The van der Waals surface area contributed by atoms with Crippen molar-refractivity contribution in [3.05, 3.63) is 39.1 Å². The smallest absolute Gasteiger partial charge is 0.303 e. The Labute approximate surface area is 121 Å². The van der Waals surface area contributed by atoms with E-state index in [0.717, 1.165) is 5.69 Å². The Morgan fingerprint density at radius 3 is 2.71 bits per heavy atom. The number of fused-ring (bicyclic) bond motifs is 1. The first-order valence-corrected chi connectivity index (χ1v) is 6.32. The van der Waals surface area contributed by atoms with Crippen molar-refractivity contribution in [1.82, 2.24) is 4.57 Å². The Bertz CT molecular complexity index is 796. The van der Waals surface area contributed by atoms with Crippen molar-refractivity contribution in [2.75, 3.05) is 0 Å². The standard InChI is InChI=1S/C15H14N2O4/c1-4-10-5-7-12-14(15(10)17(20)21)11(6-8-13(18)19)9(2)16(12)3/h1,5,7H,6,8H2,2-3H3,(H,18,19). The average Bonchev–Trinajstić information content (AvgIpc) is 2.67. The summed E-state index contributed by atoms with van der Waals surface area (Å²) >= 11 is 0. The zero-order valence-corrected chi connectivity index (χ0v) is 11.7. The average molecular weight is 286 g/mol. The minimum atomic E-state index is -0.942. The summed E-state index contributed by atoms with van der Waals surface area (Å²) in [7, 11) is 1.79. The minimum absolute atomic E-state index is 0.0859. The maximum absolute atomic E-state index is 11.4. The first kappa shape index (κ1) is 14.6. The number of rotatable bonds is 4. The van der Waals surface area contributed by atoms with Gasteiger partial charge < -0.3 is 9.67 Å². The van der Waals surface area contributed by atoms with E-state index in [1.165, 1.54) is 0 Å². The zero-order chi connectivity index (χ0) is 15.7. The summed E-state index contributed by atoms with van der Waals surface area (Å²) in [6.07, 6.45) is 5.48. The van der Waals surface area contributed by atoms with Crippen LogP contribution in [0.2, 0.25) is 0 Å². The highest BCUT2D eigenvalue weighted by atomic mass is 16.6. The summed E-state index contributed by atoms with van der Waals surface area (Å²) in [4.78, 5) is 21.7. The SMILES string of the molecule is C#Cc1ccc2c(c(CCC(=O)O)c(C)n2C)c1[N+](=O)[O-]. The summed E-state index contributed by atoms with van der Waals surface area (Å²) in [5, 5.41) is 20.7. The lowest BCUT2D eigenvalue weighted by Crippen LogP contribution is -2.00. The molecule has 0 bridgehead atoms.